The first-order chi connectivity index (χ1) is 16.6. The average molecular weight is 457 g/mol. The van der Waals surface area contributed by atoms with Crippen molar-refractivity contribution in [2.75, 3.05) is 7.05 Å². The first-order valence-corrected chi connectivity index (χ1v) is 13.7. The number of nitrogens with one attached hydrogen (secondary N) is 1. The van der Waals surface area contributed by atoms with Crippen LogP contribution >= 0.6 is 0 Å². The molecule has 3 heteroatoms. The van der Waals surface area contributed by atoms with Gasteiger partial charge in [0.25, 0.3) is 0 Å². The summed E-state index contributed by atoms with van der Waals surface area (Å²) in [7, 11) is 2.12. The smallest absolute Gasteiger partial charge is 0.0974 e. The van der Waals surface area contributed by atoms with Crippen molar-refractivity contribution in [3.8, 4) is 0 Å². The summed E-state index contributed by atoms with van der Waals surface area (Å²) in [6.45, 7) is 6.57. The zero-order chi connectivity index (χ0) is 23.6. The van der Waals surface area contributed by atoms with Crippen LogP contribution in [0, 0.1) is 11.3 Å². The number of fused-ring (bicyclic) bond motifs is 2. The standard InChI is InChI=1S/C29H34N2O.C2H6/c1-27-11-9-23-16-22-5-6-24(30-2)17-28(22)12-13-29(23,32-28)26(27)8-7-25(27)20-4-3-19-10-14-31-18-21(19)15-20;1-2/h3-4,9-10,14-16,18,24-26,30H,5-8,11-13,17H2,1-2H3;1-2H3/t24-,25-,26-,27-,28-,29-;/m1./s1. The topological polar surface area (TPSA) is 34.2 Å². The van der Waals surface area contributed by atoms with Gasteiger partial charge in [-0.1, -0.05) is 45.1 Å². The second-order valence-corrected chi connectivity index (χ2v) is 11.4. The van der Waals surface area contributed by atoms with E-state index >= 15 is 0 Å². The van der Waals surface area contributed by atoms with Crippen LogP contribution in [0.5, 0.6) is 0 Å². The second kappa shape index (κ2) is 8.03. The molecule has 1 N–H and O–H groups in total. The number of aromatic nitrogens is 1. The van der Waals surface area contributed by atoms with Gasteiger partial charge in [-0.15, -0.1) is 0 Å². The third kappa shape index (κ3) is 2.99. The predicted molar refractivity (Wildman–Crippen MR) is 140 cm³/mol. The molecule has 7 rings (SSSR count). The van der Waals surface area contributed by atoms with E-state index in [1.165, 1.54) is 66.9 Å². The Bertz CT molecular complexity index is 1170. The molecule has 2 aromatic rings. The molecule has 180 valence electrons. The SMILES string of the molecule is CC.CN[C@@H]1CCC2=CC3=CC[C@]4(C)[C@@H](c5ccc6ccncc6c5)CC[C@H]4[C@@]34CC[C@]2(C1)O4. The van der Waals surface area contributed by atoms with Gasteiger partial charge < -0.3 is 10.1 Å². The number of pyridine rings is 1. The lowest BCUT2D eigenvalue weighted by Gasteiger charge is -2.54. The molecule has 3 nitrogen and oxygen atoms in total. The minimum Gasteiger partial charge on any atom is -0.359 e. The highest BCUT2D eigenvalue weighted by Gasteiger charge is 2.66. The Balaban J connectivity index is 0.00000106. The normalized spacial score (nSPS) is 39.8. The maximum Gasteiger partial charge on any atom is 0.0974 e. The molecule has 1 aromatic heterocycles. The van der Waals surface area contributed by atoms with Crippen molar-refractivity contribution in [2.24, 2.45) is 11.3 Å². The Labute approximate surface area is 205 Å². The summed E-state index contributed by atoms with van der Waals surface area (Å²) >= 11 is 0. The number of allylic oxidation sites excluding steroid dienone is 1. The molecule has 1 aromatic carbocycles. The van der Waals surface area contributed by atoms with E-state index in [1.54, 1.807) is 5.57 Å². The van der Waals surface area contributed by atoms with Crippen LogP contribution in [0.4, 0.5) is 0 Å². The summed E-state index contributed by atoms with van der Waals surface area (Å²) in [6.07, 6.45) is 18.8. The molecular weight excluding hydrogens is 416 g/mol. The summed E-state index contributed by atoms with van der Waals surface area (Å²) in [5, 5.41) is 6.11. The first-order valence-electron chi connectivity index (χ1n) is 13.7. The van der Waals surface area contributed by atoms with Crippen molar-refractivity contribution in [2.45, 2.75) is 95.3 Å². The van der Waals surface area contributed by atoms with Crippen LogP contribution in [0.2, 0.25) is 0 Å². The van der Waals surface area contributed by atoms with Crippen LogP contribution in [-0.4, -0.2) is 29.3 Å². The van der Waals surface area contributed by atoms with Gasteiger partial charge in [0, 0.05) is 23.8 Å². The minimum absolute atomic E-state index is 0.00573. The number of nitrogens with zero attached hydrogens (tertiary/aromatic N) is 1. The van der Waals surface area contributed by atoms with Crippen LogP contribution in [0.25, 0.3) is 10.8 Å². The molecule has 6 atom stereocenters. The van der Waals surface area contributed by atoms with Gasteiger partial charge in [0.1, 0.15) is 0 Å². The van der Waals surface area contributed by atoms with E-state index in [0.29, 0.717) is 17.9 Å². The molecule has 2 saturated carbocycles. The fourth-order valence-electron chi connectivity index (χ4n) is 8.52. The zero-order valence-electron chi connectivity index (χ0n) is 21.4. The predicted octanol–water partition coefficient (Wildman–Crippen LogP) is 7.09. The van der Waals surface area contributed by atoms with Gasteiger partial charge in [-0.05, 0) is 110 Å². The Hall–Kier alpha value is -1.97. The van der Waals surface area contributed by atoms with Crippen molar-refractivity contribution in [3.63, 3.8) is 0 Å². The summed E-state index contributed by atoms with van der Waals surface area (Å²) in [4.78, 5) is 4.37. The molecule has 5 aliphatic rings. The molecule has 0 radical (unpaired) electrons. The van der Waals surface area contributed by atoms with Crippen molar-refractivity contribution in [1.82, 2.24) is 10.3 Å². The lowest BCUT2D eigenvalue weighted by molar-refractivity contribution is -0.136. The lowest BCUT2D eigenvalue weighted by atomic mass is 9.58. The summed E-state index contributed by atoms with van der Waals surface area (Å²) in [6, 6.07) is 9.79. The van der Waals surface area contributed by atoms with Gasteiger partial charge >= 0.3 is 0 Å². The molecule has 3 fully saturated rings. The third-order valence-electron chi connectivity index (χ3n) is 10.2. The van der Waals surface area contributed by atoms with E-state index in [9.17, 15) is 0 Å². The summed E-state index contributed by atoms with van der Waals surface area (Å²) < 4.78 is 7.36. The Morgan fingerprint density at radius 1 is 1.06 bits per heavy atom. The highest BCUT2D eigenvalue weighted by atomic mass is 16.5. The molecule has 0 unspecified atom stereocenters. The van der Waals surface area contributed by atoms with Crippen LogP contribution in [0.15, 0.2) is 60.0 Å². The molecule has 2 bridgehead atoms. The highest BCUT2D eigenvalue weighted by molar-refractivity contribution is 5.82. The van der Waals surface area contributed by atoms with Gasteiger partial charge in [0.15, 0.2) is 0 Å². The number of hydrogen-bond acceptors (Lipinski definition) is 3. The fraction of sp³-hybridized carbons (Fsp3) is 0.581. The number of hydrogen-bond donors (Lipinski definition) is 1. The van der Waals surface area contributed by atoms with Crippen LogP contribution in [-0.2, 0) is 4.74 Å². The molecular formula is C31H40N2O. The van der Waals surface area contributed by atoms with Crippen molar-refractivity contribution in [1.29, 1.82) is 0 Å². The number of ether oxygens (including phenoxy) is 1. The maximum atomic E-state index is 7.36. The van der Waals surface area contributed by atoms with Gasteiger partial charge in [-0.25, -0.2) is 0 Å². The van der Waals surface area contributed by atoms with E-state index in [2.05, 4.69) is 60.7 Å². The zero-order valence-corrected chi connectivity index (χ0v) is 21.4. The minimum atomic E-state index is -0.0563. The van der Waals surface area contributed by atoms with E-state index in [4.69, 9.17) is 4.74 Å². The third-order valence-corrected chi connectivity index (χ3v) is 10.2. The summed E-state index contributed by atoms with van der Waals surface area (Å²) in [5.41, 5.74) is 4.80. The Kier molecular flexibility index (Phi) is 5.31. The van der Waals surface area contributed by atoms with E-state index in [0.717, 1.165) is 6.42 Å². The molecule has 3 heterocycles. The van der Waals surface area contributed by atoms with Crippen molar-refractivity contribution < 1.29 is 4.74 Å². The largest absolute Gasteiger partial charge is 0.359 e. The van der Waals surface area contributed by atoms with E-state index < -0.39 is 0 Å². The second-order valence-electron chi connectivity index (χ2n) is 11.4. The number of benzene rings is 1. The lowest BCUT2D eigenvalue weighted by Crippen LogP contribution is -2.54. The van der Waals surface area contributed by atoms with Gasteiger partial charge in [0.05, 0.1) is 11.2 Å². The van der Waals surface area contributed by atoms with Gasteiger partial charge in [0.2, 0.25) is 0 Å². The highest BCUT2D eigenvalue weighted by Crippen LogP contribution is 2.69. The molecule has 1 saturated heterocycles. The van der Waals surface area contributed by atoms with Crippen LogP contribution in [0.1, 0.15) is 83.6 Å². The molecule has 2 aliphatic heterocycles. The molecule has 2 spiro atoms. The van der Waals surface area contributed by atoms with Crippen LogP contribution < -0.4 is 5.32 Å². The molecule has 0 amide bonds. The van der Waals surface area contributed by atoms with E-state index in [-0.39, 0.29) is 16.6 Å². The van der Waals surface area contributed by atoms with E-state index in [1.807, 2.05) is 26.2 Å². The van der Waals surface area contributed by atoms with Crippen LogP contribution in [0.3, 0.4) is 0 Å². The molecule has 3 aliphatic carbocycles. The quantitative estimate of drug-likeness (QED) is 0.524. The van der Waals surface area contributed by atoms with Gasteiger partial charge in [-0.2, -0.15) is 0 Å². The first kappa shape index (κ1) is 22.5. The van der Waals surface area contributed by atoms with Crippen molar-refractivity contribution >= 4 is 10.8 Å². The molecule has 34 heavy (non-hydrogen) atoms. The van der Waals surface area contributed by atoms with Crippen molar-refractivity contribution in [3.05, 3.63) is 65.5 Å². The maximum absolute atomic E-state index is 7.36. The monoisotopic (exact) mass is 456 g/mol. The Morgan fingerprint density at radius 3 is 2.79 bits per heavy atom. The average Bonchev–Trinajstić information content (AvgIpc) is 3.39. The Morgan fingerprint density at radius 2 is 1.94 bits per heavy atom. The number of rotatable bonds is 2. The van der Waals surface area contributed by atoms with Gasteiger partial charge in [-0.3, -0.25) is 4.98 Å². The fourth-order valence-corrected chi connectivity index (χ4v) is 8.52. The summed E-state index contributed by atoms with van der Waals surface area (Å²) in [5.74, 6) is 1.20.